The van der Waals surface area contributed by atoms with Crippen LogP contribution in [0.4, 0.5) is 0 Å². The molecule has 0 aliphatic heterocycles. The minimum absolute atomic E-state index is 0. The van der Waals surface area contributed by atoms with E-state index in [-0.39, 0.29) is 43.4 Å². The Hall–Kier alpha value is 0.514. The van der Waals surface area contributed by atoms with Crippen LogP contribution in [-0.4, -0.2) is 0 Å². The van der Waals surface area contributed by atoms with Crippen LogP contribution in [0.3, 0.4) is 0 Å². The fraction of sp³-hybridized carbons (Fsp3) is 0.286. The number of hydrogen-bond acceptors (Lipinski definition) is 0. The van der Waals surface area contributed by atoms with Crippen molar-refractivity contribution in [2.24, 2.45) is 0 Å². The zero-order chi connectivity index (χ0) is 5.28. The molecule has 0 amide bonds. The van der Waals surface area contributed by atoms with Crippen LogP contribution in [0, 0.1) is 13.8 Å². The molecule has 1 rings (SSSR count). The third-order valence-corrected chi connectivity index (χ3v) is 1.06. The van der Waals surface area contributed by atoms with Crippen molar-refractivity contribution < 1.29 is 43.4 Å². The molecule has 1 aromatic rings. The topological polar surface area (TPSA) is 0 Å². The second-order valence-electron chi connectivity index (χ2n) is 1.97. The Balaban J connectivity index is -0.000000163. The van der Waals surface area contributed by atoms with Gasteiger partial charge < -0.3 is 24.8 Å². The molecular weight excluding hydrogens is 206 g/mol. The number of hydrogen-bond donors (Lipinski definition) is 0. The smallest absolute Gasteiger partial charge is 1.00 e. The molecule has 57 valence electrons. The zero-order valence-corrected chi connectivity index (χ0v) is 8.84. The molecule has 0 aliphatic rings. The molecule has 0 spiro atoms. The third-order valence-electron chi connectivity index (χ3n) is 1.06. The van der Waals surface area contributed by atoms with E-state index in [9.17, 15) is 0 Å². The maximum absolute atomic E-state index is 2.17. The summed E-state index contributed by atoms with van der Waals surface area (Å²) < 4.78 is 0. The molecule has 0 fully saturated rings. The zero-order valence-electron chi connectivity index (χ0n) is 5.94. The van der Waals surface area contributed by atoms with Gasteiger partial charge in [0.1, 0.15) is 0 Å². The monoisotopic (exact) mass is 214 g/mol. The van der Waals surface area contributed by atoms with Crippen molar-refractivity contribution in [1.29, 1.82) is 0 Å². The van der Waals surface area contributed by atoms with Crippen LogP contribution >= 0.6 is 0 Å². The van der Waals surface area contributed by atoms with E-state index in [0.29, 0.717) is 0 Å². The second-order valence-corrected chi connectivity index (χ2v) is 1.97. The van der Waals surface area contributed by atoms with Crippen LogP contribution in [0.1, 0.15) is 11.1 Å². The summed E-state index contributed by atoms with van der Waals surface area (Å²) in [7, 11) is 0. The van der Waals surface area contributed by atoms with Gasteiger partial charge in [-0.1, -0.05) is 13.8 Å². The SMILES string of the molecule is Cc1cc[c-](C)c1.[Cl-].[Cl-].[V+2]. The Bertz CT molecular complexity index is 144. The fourth-order valence-electron chi connectivity index (χ4n) is 0.718. The molecule has 1 radical (unpaired) electrons. The van der Waals surface area contributed by atoms with Crippen LogP contribution < -0.4 is 24.8 Å². The predicted octanol–water partition coefficient (Wildman–Crippen LogP) is -3.97. The standard InChI is InChI=1S/C7H9.2ClH.V/c1-6-3-4-7(2)5-6;;;/h3-5H,1-2H3;2*1H;/q-1;;;+2/p-2. The van der Waals surface area contributed by atoms with Crippen LogP contribution in [-0.2, 0) is 18.6 Å². The van der Waals surface area contributed by atoms with Crippen molar-refractivity contribution >= 4 is 0 Å². The van der Waals surface area contributed by atoms with Gasteiger partial charge in [0, 0.05) is 0 Å². The Morgan fingerprint density at radius 1 is 1.30 bits per heavy atom. The molecule has 0 unspecified atom stereocenters. The molecule has 0 atom stereocenters. The molecule has 0 aliphatic carbocycles. The van der Waals surface area contributed by atoms with Gasteiger partial charge in [-0.25, -0.2) is 11.6 Å². The number of aryl methyl sites for hydroxylation is 2. The summed E-state index contributed by atoms with van der Waals surface area (Å²) in [6.07, 6.45) is 0. The van der Waals surface area contributed by atoms with Gasteiger partial charge in [-0.15, -0.1) is 0 Å². The minimum atomic E-state index is 0. The van der Waals surface area contributed by atoms with Crippen LogP contribution in [0.2, 0.25) is 0 Å². The first-order valence-corrected chi connectivity index (χ1v) is 2.49. The van der Waals surface area contributed by atoms with E-state index < -0.39 is 0 Å². The molecule has 0 saturated heterocycles. The van der Waals surface area contributed by atoms with Crippen LogP contribution in [0.25, 0.3) is 0 Å². The summed E-state index contributed by atoms with van der Waals surface area (Å²) in [4.78, 5) is 0. The van der Waals surface area contributed by atoms with E-state index in [1.54, 1.807) is 0 Å². The Labute approximate surface area is 86.5 Å². The normalized spacial score (nSPS) is 6.60. The van der Waals surface area contributed by atoms with Gasteiger partial charge >= 0.3 is 18.6 Å². The summed E-state index contributed by atoms with van der Waals surface area (Å²) >= 11 is 0. The van der Waals surface area contributed by atoms with E-state index in [1.807, 2.05) is 0 Å². The van der Waals surface area contributed by atoms with Gasteiger partial charge in [-0.2, -0.15) is 17.7 Å². The summed E-state index contributed by atoms with van der Waals surface area (Å²) in [5.41, 5.74) is 2.72. The van der Waals surface area contributed by atoms with Gasteiger partial charge in [0.25, 0.3) is 0 Å². The molecule has 1 aromatic carbocycles. The van der Waals surface area contributed by atoms with E-state index >= 15 is 0 Å². The Morgan fingerprint density at radius 3 is 1.90 bits per heavy atom. The van der Waals surface area contributed by atoms with E-state index in [2.05, 4.69) is 32.0 Å². The first kappa shape index (κ1) is 16.9. The van der Waals surface area contributed by atoms with Crippen molar-refractivity contribution in [3.63, 3.8) is 0 Å². The van der Waals surface area contributed by atoms with Gasteiger partial charge in [0.15, 0.2) is 0 Å². The minimum Gasteiger partial charge on any atom is -1.00 e. The maximum atomic E-state index is 2.17. The van der Waals surface area contributed by atoms with E-state index in [0.717, 1.165) is 0 Å². The van der Waals surface area contributed by atoms with E-state index in [1.165, 1.54) is 11.1 Å². The molecule has 0 bridgehead atoms. The Morgan fingerprint density at radius 2 is 1.80 bits per heavy atom. The van der Waals surface area contributed by atoms with Crippen molar-refractivity contribution in [1.82, 2.24) is 0 Å². The van der Waals surface area contributed by atoms with Gasteiger partial charge in [-0.05, 0) is 0 Å². The Kier molecular flexibility index (Phi) is 12.8. The van der Waals surface area contributed by atoms with Crippen molar-refractivity contribution in [2.75, 3.05) is 0 Å². The second kappa shape index (κ2) is 7.62. The molecule has 0 saturated carbocycles. The average molecular weight is 215 g/mol. The molecule has 0 heterocycles. The number of rotatable bonds is 0. The fourth-order valence-corrected chi connectivity index (χ4v) is 0.718. The molecule has 0 N–H and O–H groups in total. The summed E-state index contributed by atoms with van der Waals surface area (Å²) in [6, 6.07) is 6.41. The summed E-state index contributed by atoms with van der Waals surface area (Å²) in [6.45, 7) is 4.21. The van der Waals surface area contributed by atoms with E-state index in [4.69, 9.17) is 0 Å². The van der Waals surface area contributed by atoms with Crippen molar-refractivity contribution in [3.8, 4) is 0 Å². The van der Waals surface area contributed by atoms with Gasteiger partial charge in [-0.3, -0.25) is 0 Å². The van der Waals surface area contributed by atoms with Crippen molar-refractivity contribution in [2.45, 2.75) is 13.8 Å². The van der Waals surface area contributed by atoms with Gasteiger partial charge in [0.2, 0.25) is 0 Å². The molecule has 10 heavy (non-hydrogen) atoms. The molecule has 0 nitrogen and oxygen atoms in total. The maximum Gasteiger partial charge on any atom is 2.00 e. The average Bonchev–Trinajstić information content (AvgIpc) is 1.87. The van der Waals surface area contributed by atoms with Crippen LogP contribution in [0.5, 0.6) is 0 Å². The molecular formula is C7H9Cl2V-. The summed E-state index contributed by atoms with van der Waals surface area (Å²) in [5, 5.41) is 0. The third kappa shape index (κ3) is 5.31. The van der Waals surface area contributed by atoms with Crippen LogP contribution in [0.15, 0.2) is 18.2 Å². The quantitative estimate of drug-likeness (QED) is 0.387. The predicted molar refractivity (Wildman–Crippen MR) is 31.5 cm³/mol. The summed E-state index contributed by atoms with van der Waals surface area (Å²) in [5.74, 6) is 0. The van der Waals surface area contributed by atoms with Crippen molar-refractivity contribution in [3.05, 3.63) is 29.3 Å². The molecule has 3 heteroatoms. The van der Waals surface area contributed by atoms with Gasteiger partial charge in [0.05, 0.1) is 0 Å². The first-order chi connectivity index (χ1) is 3.29. The number of halogens is 2. The largest absolute Gasteiger partial charge is 2.00 e. The first-order valence-electron chi connectivity index (χ1n) is 2.49. The molecule has 0 aromatic heterocycles.